The normalized spacial score (nSPS) is 11.3. The molecule has 0 bridgehead atoms. The maximum absolute atomic E-state index is 12.5. The highest BCUT2D eigenvalue weighted by Gasteiger charge is 2.29. The molecule has 0 aliphatic heterocycles. The predicted molar refractivity (Wildman–Crippen MR) is 101 cm³/mol. The molecule has 0 saturated heterocycles. The van der Waals surface area contributed by atoms with Crippen LogP contribution in [0.15, 0.2) is 54.6 Å². The summed E-state index contributed by atoms with van der Waals surface area (Å²) in [7, 11) is 3.10. The largest absolute Gasteiger partial charge is 0.496 e. The van der Waals surface area contributed by atoms with E-state index in [2.05, 4.69) is 0 Å². The first kappa shape index (κ1) is 22.0. The van der Waals surface area contributed by atoms with E-state index < -0.39 is 30.2 Å². The molecule has 29 heavy (non-hydrogen) atoms. The molecule has 2 rings (SSSR count). The van der Waals surface area contributed by atoms with Crippen molar-refractivity contribution in [2.24, 2.45) is 0 Å². The molecule has 0 unspecified atom stereocenters. The number of alkyl halides is 3. The number of para-hydroxylation sites is 1. The molecule has 0 saturated carbocycles. The number of hydrogen-bond donors (Lipinski definition) is 0. The van der Waals surface area contributed by atoms with Gasteiger partial charge in [-0.25, -0.2) is 4.79 Å². The maximum atomic E-state index is 12.5. The zero-order chi connectivity index (χ0) is 21.4. The lowest BCUT2D eigenvalue weighted by Crippen LogP contribution is -2.30. The Balaban J connectivity index is 1.84. The highest BCUT2D eigenvalue weighted by molar-refractivity contribution is 5.89. The number of methoxy groups -OCH3 is 1. The minimum atomic E-state index is -4.42. The van der Waals surface area contributed by atoms with E-state index in [0.29, 0.717) is 11.3 Å². The quantitative estimate of drug-likeness (QED) is 0.516. The van der Waals surface area contributed by atoms with Gasteiger partial charge in [-0.15, -0.1) is 0 Å². The van der Waals surface area contributed by atoms with Crippen molar-refractivity contribution in [1.82, 2.24) is 4.90 Å². The van der Waals surface area contributed by atoms with Gasteiger partial charge in [0.15, 0.2) is 6.61 Å². The lowest BCUT2D eigenvalue weighted by atomic mass is 10.1. The SMILES string of the molecule is COc1ccccc1CN(C)C(=O)COC(=O)/C=C/c1ccc(C(F)(F)F)cc1. The standard InChI is InChI=1S/C21H20F3NO4/c1-25(13-16-5-3-4-6-18(16)28-2)19(26)14-29-20(27)12-9-15-7-10-17(11-8-15)21(22,23)24/h3-12H,13-14H2,1-2H3/b12-9+. The van der Waals surface area contributed by atoms with Gasteiger partial charge in [-0.05, 0) is 29.8 Å². The first-order chi connectivity index (χ1) is 13.7. The van der Waals surface area contributed by atoms with Gasteiger partial charge in [-0.3, -0.25) is 4.79 Å². The number of nitrogens with zero attached hydrogens (tertiary/aromatic N) is 1. The number of amides is 1. The van der Waals surface area contributed by atoms with Crippen molar-refractivity contribution in [3.63, 3.8) is 0 Å². The molecule has 0 radical (unpaired) electrons. The Kier molecular flexibility index (Phi) is 7.41. The van der Waals surface area contributed by atoms with Crippen LogP contribution in [0.4, 0.5) is 13.2 Å². The fraction of sp³-hybridized carbons (Fsp3) is 0.238. The zero-order valence-corrected chi connectivity index (χ0v) is 15.9. The Labute approximate surface area is 166 Å². The number of likely N-dealkylation sites (N-methyl/N-ethyl adjacent to an activating group) is 1. The van der Waals surface area contributed by atoms with E-state index in [0.717, 1.165) is 23.8 Å². The predicted octanol–water partition coefficient (Wildman–Crippen LogP) is 3.93. The van der Waals surface area contributed by atoms with Crippen molar-refractivity contribution in [3.05, 3.63) is 71.3 Å². The number of esters is 1. The van der Waals surface area contributed by atoms with Crippen LogP contribution in [-0.2, 0) is 27.0 Å². The average molecular weight is 407 g/mol. The van der Waals surface area contributed by atoms with Crippen molar-refractivity contribution in [2.45, 2.75) is 12.7 Å². The Morgan fingerprint density at radius 2 is 1.72 bits per heavy atom. The van der Waals surface area contributed by atoms with E-state index >= 15 is 0 Å². The maximum Gasteiger partial charge on any atom is 0.416 e. The summed E-state index contributed by atoms with van der Waals surface area (Å²) in [4.78, 5) is 25.3. The van der Waals surface area contributed by atoms with Crippen LogP contribution in [-0.4, -0.2) is 37.5 Å². The van der Waals surface area contributed by atoms with Gasteiger partial charge in [0.05, 0.1) is 12.7 Å². The van der Waals surface area contributed by atoms with Crippen LogP contribution in [0.2, 0.25) is 0 Å². The smallest absolute Gasteiger partial charge is 0.416 e. The van der Waals surface area contributed by atoms with Crippen LogP contribution in [0.25, 0.3) is 6.08 Å². The lowest BCUT2D eigenvalue weighted by Gasteiger charge is -2.18. The highest BCUT2D eigenvalue weighted by Crippen LogP contribution is 2.29. The average Bonchev–Trinajstić information content (AvgIpc) is 2.70. The summed E-state index contributed by atoms with van der Waals surface area (Å²) in [5.41, 5.74) is 0.426. The van der Waals surface area contributed by atoms with Crippen LogP contribution in [0.3, 0.4) is 0 Å². The van der Waals surface area contributed by atoms with Crippen LogP contribution in [0.5, 0.6) is 5.75 Å². The molecule has 0 aliphatic rings. The minimum absolute atomic E-state index is 0.280. The highest BCUT2D eigenvalue weighted by atomic mass is 19.4. The van der Waals surface area contributed by atoms with E-state index in [-0.39, 0.29) is 6.54 Å². The van der Waals surface area contributed by atoms with Gasteiger partial charge in [0.2, 0.25) is 0 Å². The summed E-state index contributed by atoms with van der Waals surface area (Å²) < 4.78 is 47.7. The minimum Gasteiger partial charge on any atom is -0.496 e. The Morgan fingerprint density at radius 1 is 1.07 bits per heavy atom. The Morgan fingerprint density at radius 3 is 2.34 bits per heavy atom. The van der Waals surface area contributed by atoms with Crippen molar-refractivity contribution >= 4 is 18.0 Å². The molecule has 154 valence electrons. The molecule has 5 nitrogen and oxygen atoms in total. The zero-order valence-electron chi connectivity index (χ0n) is 15.9. The number of hydrogen-bond acceptors (Lipinski definition) is 4. The van der Waals surface area contributed by atoms with Gasteiger partial charge in [0, 0.05) is 25.2 Å². The molecule has 0 N–H and O–H groups in total. The second kappa shape index (κ2) is 9.77. The fourth-order valence-corrected chi connectivity index (χ4v) is 2.42. The van der Waals surface area contributed by atoms with Gasteiger partial charge in [0.25, 0.3) is 5.91 Å². The molecule has 1 amide bonds. The molecular weight excluding hydrogens is 387 g/mol. The summed E-state index contributed by atoms with van der Waals surface area (Å²) in [5.74, 6) is -0.542. The summed E-state index contributed by atoms with van der Waals surface area (Å²) in [6, 6.07) is 11.5. The second-order valence-corrected chi connectivity index (χ2v) is 6.12. The van der Waals surface area contributed by atoms with Crippen molar-refractivity contribution in [2.75, 3.05) is 20.8 Å². The third-order valence-corrected chi connectivity index (χ3v) is 4.01. The Bertz CT molecular complexity index is 876. The molecule has 8 heteroatoms. The van der Waals surface area contributed by atoms with Crippen LogP contribution in [0.1, 0.15) is 16.7 Å². The van der Waals surface area contributed by atoms with Gasteiger partial charge < -0.3 is 14.4 Å². The van der Waals surface area contributed by atoms with Crippen molar-refractivity contribution < 1.29 is 32.2 Å². The molecule has 0 spiro atoms. The fourth-order valence-electron chi connectivity index (χ4n) is 2.42. The number of benzene rings is 2. The number of carbonyl (C=O) groups is 2. The number of rotatable bonds is 7. The van der Waals surface area contributed by atoms with E-state index in [1.54, 1.807) is 13.1 Å². The summed E-state index contributed by atoms with van der Waals surface area (Å²) >= 11 is 0. The Hall–Kier alpha value is -3.29. The van der Waals surface area contributed by atoms with Crippen LogP contribution in [0, 0.1) is 0 Å². The van der Waals surface area contributed by atoms with Crippen molar-refractivity contribution in [3.8, 4) is 5.75 Å². The molecular formula is C21H20F3NO4. The third-order valence-electron chi connectivity index (χ3n) is 4.01. The molecule has 0 atom stereocenters. The van der Waals surface area contributed by atoms with Gasteiger partial charge in [0.1, 0.15) is 5.75 Å². The van der Waals surface area contributed by atoms with Crippen molar-refractivity contribution in [1.29, 1.82) is 0 Å². The number of halogens is 3. The van der Waals surface area contributed by atoms with E-state index in [9.17, 15) is 22.8 Å². The molecule has 2 aromatic rings. The number of carbonyl (C=O) groups excluding carboxylic acids is 2. The van der Waals surface area contributed by atoms with Gasteiger partial charge >= 0.3 is 12.1 Å². The topological polar surface area (TPSA) is 55.8 Å². The summed E-state index contributed by atoms with van der Waals surface area (Å²) in [5, 5.41) is 0. The van der Waals surface area contributed by atoms with Gasteiger partial charge in [-0.1, -0.05) is 30.3 Å². The first-order valence-corrected chi connectivity index (χ1v) is 8.58. The first-order valence-electron chi connectivity index (χ1n) is 8.58. The molecule has 2 aromatic carbocycles. The number of ether oxygens (including phenoxy) is 2. The monoisotopic (exact) mass is 407 g/mol. The molecule has 0 heterocycles. The second-order valence-electron chi connectivity index (χ2n) is 6.12. The lowest BCUT2D eigenvalue weighted by molar-refractivity contribution is -0.147. The molecule has 0 aromatic heterocycles. The summed E-state index contributed by atoms with van der Waals surface area (Å²) in [6.45, 7) is -0.177. The van der Waals surface area contributed by atoms with Crippen LogP contribution < -0.4 is 4.74 Å². The van der Waals surface area contributed by atoms with Crippen LogP contribution >= 0.6 is 0 Å². The van der Waals surface area contributed by atoms with E-state index in [4.69, 9.17) is 9.47 Å². The summed E-state index contributed by atoms with van der Waals surface area (Å²) in [6.07, 6.45) is -2.06. The molecule has 0 fully saturated rings. The van der Waals surface area contributed by atoms with E-state index in [1.165, 1.54) is 30.2 Å². The van der Waals surface area contributed by atoms with E-state index in [1.807, 2.05) is 18.2 Å². The van der Waals surface area contributed by atoms with Gasteiger partial charge in [-0.2, -0.15) is 13.2 Å². The molecule has 0 aliphatic carbocycles. The third kappa shape index (κ3) is 6.67.